The van der Waals surface area contributed by atoms with E-state index in [9.17, 15) is 10.1 Å². The van der Waals surface area contributed by atoms with Crippen LogP contribution in [0.3, 0.4) is 0 Å². The van der Waals surface area contributed by atoms with Crippen LogP contribution in [-0.4, -0.2) is 9.91 Å². The first kappa shape index (κ1) is 12.6. The maximum absolute atomic E-state index is 10.9. The SMILES string of the molecule is CCCc1ncc([N+](=O)[O-])c(CCC)c1C. The summed E-state index contributed by atoms with van der Waals surface area (Å²) >= 11 is 0. The number of pyridine rings is 1. The average molecular weight is 222 g/mol. The van der Waals surface area contributed by atoms with Crippen molar-refractivity contribution >= 4 is 5.69 Å². The highest BCUT2D eigenvalue weighted by atomic mass is 16.6. The normalized spacial score (nSPS) is 10.4. The molecular weight excluding hydrogens is 204 g/mol. The van der Waals surface area contributed by atoms with Gasteiger partial charge in [-0.1, -0.05) is 26.7 Å². The van der Waals surface area contributed by atoms with Crippen molar-refractivity contribution in [3.8, 4) is 0 Å². The number of hydrogen-bond donors (Lipinski definition) is 0. The lowest BCUT2D eigenvalue weighted by atomic mass is 10.00. The van der Waals surface area contributed by atoms with E-state index in [0.717, 1.165) is 42.5 Å². The van der Waals surface area contributed by atoms with Crippen LogP contribution >= 0.6 is 0 Å². The molecule has 0 spiro atoms. The Morgan fingerprint density at radius 3 is 2.44 bits per heavy atom. The fourth-order valence-corrected chi connectivity index (χ4v) is 1.89. The van der Waals surface area contributed by atoms with E-state index >= 15 is 0 Å². The molecule has 0 N–H and O–H groups in total. The van der Waals surface area contributed by atoms with Crippen molar-refractivity contribution in [2.75, 3.05) is 0 Å². The highest BCUT2D eigenvalue weighted by Gasteiger charge is 2.18. The second-order valence-corrected chi connectivity index (χ2v) is 3.95. The molecule has 0 amide bonds. The zero-order valence-electron chi connectivity index (χ0n) is 10.1. The first-order valence-electron chi connectivity index (χ1n) is 5.73. The van der Waals surface area contributed by atoms with E-state index in [4.69, 9.17) is 0 Å². The van der Waals surface area contributed by atoms with Crippen LogP contribution in [0.1, 0.15) is 43.5 Å². The Bertz CT molecular complexity index is 389. The molecule has 0 bridgehead atoms. The number of nitro groups is 1. The molecular formula is C12H18N2O2. The number of aromatic nitrogens is 1. The van der Waals surface area contributed by atoms with Crippen molar-refractivity contribution in [1.82, 2.24) is 4.98 Å². The molecule has 0 radical (unpaired) electrons. The molecule has 88 valence electrons. The summed E-state index contributed by atoms with van der Waals surface area (Å²) in [6.07, 6.45) is 4.97. The standard InChI is InChI=1S/C12H18N2O2/c1-4-6-10-9(3)11(7-5-2)13-8-12(10)14(15)16/h8H,4-7H2,1-3H3. The van der Waals surface area contributed by atoms with E-state index in [0.29, 0.717) is 0 Å². The van der Waals surface area contributed by atoms with Gasteiger partial charge >= 0.3 is 0 Å². The number of aryl methyl sites for hydroxylation is 1. The van der Waals surface area contributed by atoms with E-state index in [1.807, 2.05) is 13.8 Å². The lowest BCUT2D eigenvalue weighted by Gasteiger charge is -2.09. The molecule has 1 rings (SSSR count). The van der Waals surface area contributed by atoms with E-state index in [2.05, 4.69) is 11.9 Å². The fourth-order valence-electron chi connectivity index (χ4n) is 1.89. The van der Waals surface area contributed by atoms with Gasteiger partial charge in [0, 0.05) is 11.3 Å². The molecule has 0 fully saturated rings. The fraction of sp³-hybridized carbons (Fsp3) is 0.583. The van der Waals surface area contributed by atoms with Gasteiger partial charge in [-0.3, -0.25) is 15.1 Å². The maximum atomic E-state index is 10.9. The largest absolute Gasteiger partial charge is 0.290 e. The third-order valence-corrected chi connectivity index (χ3v) is 2.72. The number of nitrogens with zero attached hydrogens (tertiary/aromatic N) is 2. The van der Waals surface area contributed by atoms with Gasteiger partial charge in [0.05, 0.1) is 4.92 Å². The minimum Gasteiger partial charge on any atom is -0.258 e. The van der Waals surface area contributed by atoms with Gasteiger partial charge in [-0.25, -0.2) is 0 Å². The Hall–Kier alpha value is -1.45. The van der Waals surface area contributed by atoms with E-state index in [1.165, 1.54) is 6.20 Å². The molecule has 0 aliphatic carbocycles. The van der Waals surface area contributed by atoms with Crippen molar-refractivity contribution < 1.29 is 4.92 Å². The summed E-state index contributed by atoms with van der Waals surface area (Å²) < 4.78 is 0. The lowest BCUT2D eigenvalue weighted by Crippen LogP contribution is -2.04. The molecule has 0 unspecified atom stereocenters. The summed E-state index contributed by atoms with van der Waals surface area (Å²) in [6.45, 7) is 6.06. The van der Waals surface area contributed by atoms with E-state index in [1.54, 1.807) is 0 Å². The van der Waals surface area contributed by atoms with Gasteiger partial charge in [0.1, 0.15) is 6.20 Å². The smallest absolute Gasteiger partial charge is 0.258 e. The third kappa shape index (κ3) is 2.56. The minimum atomic E-state index is -0.333. The summed E-state index contributed by atoms with van der Waals surface area (Å²) in [7, 11) is 0. The molecule has 16 heavy (non-hydrogen) atoms. The maximum Gasteiger partial charge on any atom is 0.290 e. The van der Waals surface area contributed by atoms with E-state index in [-0.39, 0.29) is 10.6 Å². The van der Waals surface area contributed by atoms with Crippen molar-refractivity contribution in [3.05, 3.63) is 33.1 Å². The van der Waals surface area contributed by atoms with Gasteiger partial charge in [-0.05, 0) is 25.3 Å². The van der Waals surface area contributed by atoms with Crippen LogP contribution < -0.4 is 0 Å². The van der Waals surface area contributed by atoms with Crippen LogP contribution in [0.2, 0.25) is 0 Å². The molecule has 0 aliphatic rings. The molecule has 4 nitrogen and oxygen atoms in total. The molecule has 1 aromatic heterocycles. The summed E-state index contributed by atoms with van der Waals surface area (Å²) in [5.74, 6) is 0. The van der Waals surface area contributed by atoms with Crippen LogP contribution in [0.15, 0.2) is 6.20 Å². The van der Waals surface area contributed by atoms with Gasteiger partial charge in [0.2, 0.25) is 0 Å². The molecule has 0 aromatic carbocycles. The molecule has 4 heteroatoms. The predicted octanol–water partition coefficient (Wildman–Crippen LogP) is 3.20. The van der Waals surface area contributed by atoms with Gasteiger partial charge in [-0.15, -0.1) is 0 Å². The summed E-state index contributed by atoms with van der Waals surface area (Å²) in [5, 5.41) is 10.9. The second kappa shape index (κ2) is 5.58. The highest BCUT2D eigenvalue weighted by molar-refractivity contribution is 5.45. The van der Waals surface area contributed by atoms with Crippen LogP contribution in [-0.2, 0) is 12.8 Å². The molecule has 1 aromatic rings. The van der Waals surface area contributed by atoms with Crippen LogP contribution in [0.5, 0.6) is 0 Å². The van der Waals surface area contributed by atoms with Crippen molar-refractivity contribution in [2.24, 2.45) is 0 Å². The van der Waals surface area contributed by atoms with Gasteiger partial charge in [-0.2, -0.15) is 0 Å². The summed E-state index contributed by atoms with van der Waals surface area (Å²) in [5.41, 5.74) is 3.01. The van der Waals surface area contributed by atoms with Crippen molar-refractivity contribution in [1.29, 1.82) is 0 Å². The summed E-state index contributed by atoms with van der Waals surface area (Å²) in [6, 6.07) is 0. The Labute approximate surface area is 95.9 Å². The number of rotatable bonds is 5. The highest BCUT2D eigenvalue weighted by Crippen LogP contribution is 2.25. The Morgan fingerprint density at radius 1 is 1.31 bits per heavy atom. The molecule has 0 saturated carbocycles. The predicted molar refractivity (Wildman–Crippen MR) is 63.6 cm³/mol. The van der Waals surface area contributed by atoms with Gasteiger partial charge < -0.3 is 0 Å². The van der Waals surface area contributed by atoms with Crippen molar-refractivity contribution in [2.45, 2.75) is 46.5 Å². The third-order valence-electron chi connectivity index (χ3n) is 2.72. The second-order valence-electron chi connectivity index (χ2n) is 3.95. The Balaban J connectivity index is 3.23. The van der Waals surface area contributed by atoms with E-state index < -0.39 is 0 Å². The lowest BCUT2D eigenvalue weighted by molar-refractivity contribution is -0.385. The average Bonchev–Trinajstić information content (AvgIpc) is 2.24. The van der Waals surface area contributed by atoms with Crippen LogP contribution in [0.25, 0.3) is 0 Å². The zero-order valence-corrected chi connectivity index (χ0v) is 10.1. The monoisotopic (exact) mass is 222 g/mol. The quantitative estimate of drug-likeness (QED) is 0.567. The minimum absolute atomic E-state index is 0.166. The molecule has 1 heterocycles. The topological polar surface area (TPSA) is 56.0 Å². The van der Waals surface area contributed by atoms with Gasteiger partial charge in [0.25, 0.3) is 5.69 Å². The first-order valence-corrected chi connectivity index (χ1v) is 5.73. The molecule has 0 aliphatic heterocycles. The van der Waals surface area contributed by atoms with Gasteiger partial charge in [0.15, 0.2) is 0 Å². The molecule has 0 atom stereocenters. The number of hydrogen-bond acceptors (Lipinski definition) is 3. The zero-order chi connectivity index (χ0) is 12.1. The van der Waals surface area contributed by atoms with Crippen LogP contribution in [0.4, 0.5) is 5.69 Å². The van der Waals surface area contributed by atoms with Crippen LogP contribution in [0, 0.1) is 17.0 Å². The first-order chi connectivity index (χ1) is 7.61. The van der Waals surface area contributed by atoms with Crippen molar-refractivity contribution in [3.63, 3.8) is 0 Å². The summed E-state index contributed by atoms with van der Waals surface area (Å²) in [4.78, 5) is 14.7. The molecule has 0 saturated heterocycles. The Morgan fingerprint density at radius 2 is 1.94 bits per heavy atom. The Kier molecular flexibility index (Phi) is 4.40.